The number of ketones is 1. The van der Waals surface area contributed by atoms with Crippen LogP contribution < -0.4 is 5.32 Å². The van der Waals surface area contributed by atoms with Crippen molar-refractivity contribution in [2.75, 3.05) is 7.05 Å². The predicted molar refractivity (Wildman–Crippen MR) is 91.7 cm³/mol. The molecule has 2 aromatic heterocycles. The number of fused-ring (bicyclic) bond motifs is 1. The van der Waals surface area contributed by atoms with Gasteiger partial charge in [0.25, 0.3) is 0 Å². The molecule has 0 spiro atoms. The Labute approximate surface area is 138 Å². The lowest BCUT2D eigenvalue weighted by Gasteiger charge is -2.04. The third kappa shape index (κ3) is 2.92. The van der Waals surface area contributed by atoms with Crippen molar-refractivity contribution in [2.24, 2.45) is 0 Å². The largest absolute Gasteiger partial charge is 0.360 e. The van der Waals surface area contributed by atoms with Gasteiger partial charge in [-0.05, 0) is 32.2 Å². The van der Waals surface area contributed by atoms with Crippen LogP contribution in [0.5, 0.6) is 0 Å². The summed E-state index contributed by atoms with van der Waals surface area (Å²) < 4.78 is 13.2. The van der Waals surface area contributed by atoms with Crippen LogP contribution in [0.3, 0.4) is 0 Å². The van der Waals surface area contributed by atoms with Crippen molar-refractivity contribution in [3.63, 3.8) is 0 Å². The van der Waals surface area contributed by atoms with E-state index in [1.807, 2.05) is 19.4 Å². The highest BCUT2D eigenvalue weighted by molar-refractivity contribution is 7.59. The number of carbonyl (C=O) groups is 1. The highest BCUT2D eigenvalue weighted by Crippen LogP contribution is 2.24. The molecule has 1 aromatic carbocycles. The molecule has 0 saturated carbocycles. The van der Waals surface area contributed by atoms with E-state index < -0.39 is 0 Å². The van der Waals surface area contributed by atoms with Gasteiger partial charge >= 0.3 is 0 Å². The first-order chi connectivity index (χ1) is 10.1. The molecule has 4 nitrogen and oxygen atoms in total. The van der Waals surface area contributed by atoms with E-state index in [9.17, 15) is 9.18 Å². The molecule has 2 N–H and O–H groups in total. The van der Waals surface area contributed by atoms with Crippen molar-refractivity contribution in [1.29, 1.82) is 0 Å². The molecule has 22 heavy (non-hydrogen) atoms. The van der Waals surface area contributed by atoms with E-state index in [-0.39, 0.29) is 31.1 Å². The summed E-state index contributed by atoms with van der Waals surface area (Å²) in [6, 6.07) is 4.44. The van der Waals surface area contributed by atoms with Crippen LogP contribution in [0.15, 0.2) is 29.8 Å². The van der Waals surface area contributed by atoms with Crippen LogP contribution in [-0.4, -0.2) is 22.8 Å². The lowest BCUT2D eigenvalue weighted by Crippen LogP contribution is -2.13. The van der Waals surface area contributed by atoms with E-state index in [0.29, 0.717) is 21.5 Å². The molecular formula is C15H16FN3OS2. The van der Waals surface area contributed by atoms with Crippen LogP contribution in [0.4, 0.5) is 4.39 Å². The third-order valence-corrected chi connectivity index (χ3v) is 4.34. The van der Waals surface area contributed by atoms with Gasteiger partial charge < -0.3 is 10.3 Å². The van der Waals surface area contributed by atoms with Crippen LogP contribution >= 0.6 is 24.8 Å². The van der Waals surface area contributed by atoms with E-state index in [1.54, 1.807) is 12.3 Å². The Morgan fingerprint density at radius 3 is 2.95 bits per heavy atom. The topological polar surface area (TPSA) is 57.8 Å². The number of H-pyrrole nitrogens is 1. The van der Waals surface area contributed by atoms with E-state index >= 15 is 0 Å². The number of carbonyl (C=O) groups excluding carboxylic acids is 1. The quantitative estimate of drug-likeness (QED) is 0.718. The number of aromatic amines is 1. The second-order valence-electron chi connectivity index (χ2n) is 4.81. The minimum absolute atomic E-state index is 0. The molecule has 1 atom stereocenters. The molecule has 116 valence electrons. The molecule has 0 aliphatic heterocycles. The molecule has 0 bridgehead atoms. The van der Waals surface area contributed by atoms with Crippen LogP contribution in [0, 0.1) is 5.82 Å². The lowest BCUT2D eigenvalue weighted by atomic mass is 10.1. The lowest BCUT2D eigenvalue weighted by molar-refractivity contribution is 0.103. The zero-order valence-corrected chi connectivity index (χ0v) is 13.9. The van der Waals surface area contributed by atoms with Gasteiger partial charge in [0.1, 0.15) is 5.82 Å². The number of hydrogen-bond donors (Lipinski definition) is 2. The summed E-state index contributed by atoms with van der Waals surface area (Å²) in [7, 11) is 1.85. The summed E-state index contributed by atoms with van der Waals surface area (Å²) in [5, 5.41) is 6.12. The van der Waals surface area contributed by atoms with E-state index in [4.69, 9.17) is 0 Å². The second-order valence-corrected chi connectivity index (χ2v) is 5.67. The van der Waals surface area contributed by atoms with Crippen molar-refractivity contribution in [3.05, 3.63) is 51.9 Å². The molecule has 0 radical (unpaired) electrons. The SMILES string of the molecule is CN[C@@H](C)c1csc(C(=O)c2c[nH]c3cc(F)ccc23)n1.S. The summed E-state index contributed by atoms with van der Waals surface area (Å²) in [4.78, 5) is 19.8. The Morgan fingerprint density at radius 2 is 2.23 bits per heavy atom. The van der Waals surface area contributed by atoms with Gasteiger partial charge in [0, 0.05) is 28.5 Å². The number of nitrogens with one attached hydrogen (secondary N) is 2. The van der Waals surface area contributed by atoms with Gasteiger partial charge in [-0.2, -0.15) is 13.5 Å². The number of rotatable bonds is 4. The molecule has 0 amide bonds. The van der Waals surface area contributed by atoms with Gasteiger partial charge in [-0.25, -0.2) is 9.37 Å². The average Bonchev–Trinajstić information content (AvgIpc) is 3.12. The molecule has 3 rings (SSSR count). The third-order valence-electron chi connectivity index (χ3n) is 3.48. The molecular weight excluding hydrogens is 321 g/mol. The first-order valence-electron chi connectivity index (χ1n) is 6.54. The van der Waals surface area contributed by atoms with Crippen molar-refractivity contribution >= 4 is 41.5 Å². The van der Waals surface area contributed by atoms with Crippen LogP contribution in [0.1, 0.15) is 34.0 Å². The molecule has 0 aliphatic rings. The van der Waals surface area contributed by atoms with Crippen molar-refractivity contribution in [2.45, 2.75) is 13.0 Å². The summed E-state index contributed by atoms with van der Waals surface area (Å²) in [6.45, 7) is 1.98. The Kier molecular flexibility index (Phi) is 5.00. The molecule has 0 fully saturated rings. The second kappa shape index (κ2) is 6.60. The van der Waals surface area contributed by atoms with Gasteiger partial charge in [0.2, 0.25) is 5.78 Å². The maximum absolute atomic E-state index is 13.2. The van der Waals surface area contributed by atoms with E-state index in [1.165, 1.54) is 23.5 Å². The maximum atomic E-state index is 13.2. The summed E-state index contributed by atoms with van der Waals surface area (Å²) in [6.07, 6.45) is 1.61. The Morgan fingerprint density at radius 1 is 1.45 bits per heavy atom. The highest BCUT2D eigenvalue weighted by Gasteiger charge is 2.19. The number of thiazole rings is 1. The zero-order chi connectivity index (χ0) is 15.0. The minimum atomic E-state index is -0.331. The van der Waals surface area contributed by atoms with Crippen LogP contribution in [0.25, 0.3) is 10.9 Å². The van der Waals surface area contributed by atoms with Gasteiger partial charge in [0.05, 0.1) is 11.3 Å². The molecule has 3 aromatic rings. The van der Waals surface area contributed by atoms with Gasteiger partial charge in [-0.1, -0.05) is 0 Å². The van der Waals surface area contributed by atoms with Crippen molar-refractivity contribution in [1.82, 2.24) is 15.3 Å². The number of nitrogens with zero attached hydrogens (tertiary/aromatic N) is 1. The fraction of sp³-hybridized carbons (Fsp3) is 0.200. The summed E-state index contributed by atoms with van der Waals surface area (Å²) in [5.41, 5.74) is 1.97. The maximum Gasteiger partial charge on any atom is 0.223 e. The smallest absolute Gasteiger partial charge is 0.223 e. The standard InChI is InChI=1S/C15H14FN3OS.H2S/c1-8(17-2)13-7-21-15(19-13)14(20)11-6-18-12-5-9(16)3-4-10(11)12;/h3-8,17-18H,1-2H3;1H2/t8-;/m0./s1. The first kappa shape index (κ1) is 16.7. The number of aromatic nitrogens is 2. The zero-order valence-electron chi connectivity index (χ0n) is 12.1. The normalized spacial score (nSPS) is 12.1. The Hall–Kier alpha value is -1.70. The van der Waals surface area contributed by atoms with E-state index in [0.717, 1.165) is 5.69 Å². The van der Waals surface area contributed by atoms with Crippen LogP contribution in [-0.2, 0) is 0 Å². The fourth-order valence-corrected chi connectivity index (χ4v) is 3.00. The molecule has 0 aliphatic carbocycles. The van der Waals surface area contributed by atoms with Crippen molar-refractivity contribution in [3.8, 4) is 0 Å². The molecule has 0 unspecified atom stereocenters. The van der Waals surface area contributed by atoms with Gasteiger partial charge in [-0.3, -0.25) is 4.79 Å². The minimum Gasteiger partial charge on any atom is -0.360 e. The monoisotopic (exact) mass is 337 g/mol. The Bertz CT molecular complexity index is 812. The first-order valence-corrected chi connectivity index (χ1v) is 7.42. The summed E-state index contributed by atoms with van der Waals surface area (Å²) in [5.74, 6) is -0.477. The van der Waals surface area contributed by atoms with Gasteiger partial charge in [0.15, 0.2) is 5.01 Å². The molecule has 7 heteroatoms. The Balaban J connectivity index is 0.00000176. The van der Waals surface area contributed by atoms with E-state index in [2.05, 4.69) is 15.3 Å². The fourth-order valence-electron chi connectivity index (χ4n) is 2.14. The number of hydrogen-bond acceptors (Lipinski definition) is 4. The van der Waals surface area contributed by atoms with Crippen molar-refractivity contribution < 1.29 is 9.18 Å². The number of halogens is 1. The number of benzene rings is 1. The predicted octanol–water partition coefficient (Wildman–Crippen LogP) is 3.39. The summed E-state index contributed by atoms with van der Waals surface area (Å²) >= 11 is 1.32. The highest BCUT2D eigenvalue weighted by atomic mass is 32.1. The molecule has 0 saturated heterocycles. The van der Waals surface area contributed by atoms with Gasteiger partial charge in [-0.15, -0.1) is 11.3 Å². The van der Waals surface area contributed by atoms with Crippen LogP contribution in [0.2, 0.25) is 0 Å². The molecule has 2 heterocycles. The average molecular weight is 337 g/mol.